The molecule has 20 heavy (non-hydrogen) atoms. The Hall–Kier alpha value is -1.40. The second-order valence-corrected chi connectivity index (χ2v) is 7.93. The van der Waals surface area contributed by atoms with Gasteiger partial charge in [0.15, 0.2) is 5.00 Å². The van der Waals surface area contributed by atoms with Gasteiger partial charge in [-0.3, -0.25) is 14.8 Å². The lowest BCUT2D eigenvalue weighted by atomic mass is 10.3. The molecule has 0 unspecified atom stereocenters. The number of nitrogens with zero attached hydrogens (tertiary/aromatic N) is 1. The Morgan fingerprint density at radius 3 is 2.60 bits per heavy atom. The molecule has 0 aliphatic carbocycles. The van der Waals surface area contributed by atoms with Gasteiger partial charge in [0.1, 0.15) is 4.21 Å². The van der Waals surface area contributed by atoms with Gasteiger partial charge >= 0.3 is 5.69 Å². The van der Waals surface area contributed by atoms with Gasteiger partial charge in [-0.25, -0.2) is 8.42 Å². The van der Waals surface area contributed by atoms with Crippen molar-refractivity contribution in [3.8, 4) is 0 Å². The van der Waals surface area contributed by atoms with Gasteiger partial charge in [0.05, 0.1) is 4.92 Å². The van der Waals surface area contributed by atoms with E-state index >= 15 is 0 Å². The molecule has 106 valence electrons. The molecule has 0 radical (unpaired) electrons. The Morgan fingerprint density at radius 2 is 2.05 bits per heavy atom. The minimum Gasteiger partial charge on any atom is -0.385 e. The van der Waals surface area contributed by atoms with E-state index in [1.54, 1.807) is 18.2 Å². The van der Waals surface area contributed by atoms with Crippen LogP contribution < -0.4 is 10.5 Å². The minimum absolute atomic E-state index is 0.141. The molecule has 0 atom stereocenters. The molecule has 0 aliphatic rings. The molecule has 0 saturated heterocycles. The maximum atomic E-state index is 12.1. The fraction of sp³-hybridized carbons (Fsp3) is 0. The van der Waals surface area contributed by atoms with Gasteiger partial charge in [0.25, 0.3) is 10.0 Å². The molecule has 3 N–H and O–H groups in total. The first-order chi connectivity index (χ1) is 9.29. The van der Waals surface area contributed by atoms with Gasteiger partial charge in [-0.05, 0) is 40.8 Å². The Balaban J connectivity index is 2.36. The molecular formula is C10H8IN3O4S2. The number of thiophene rings is 1. The van der Waals surface area contributed by atoms with Crippen LogP contribution in [0.5, 0.6) is 0 Å². The fourth-order valence-electron chi connectivity index (χ4n) is 1.41. The third-order valence-corrected chi connectivity index (χ3v) is 5.74. The summed E-state index contributed by atoms with van der Waals surface area (Å²) in [5, 5.41) is 10.5. The van der Waals surface area contributed by atoms with E-state index < -0.39 is 20.6 Å². The molecule has 10 heteroatoms. The van der Waals surface area contributed by atoms with E-state index in [9.17, 15) is 18.5 Å². The first-order valence-corrected chi connectivity index (χ1v) is 8.49. The molecule has 1 aromatic carbocycles. The Kier molecular flexibility index (Phi) is 4.15. The number of anilines is 2. The van der Waals surface area contributed by atoms with Crippen LogP contribution in [-0.4, -0.2) is 13.3 Å². The first kappa shape index (κ1) is 15.0. The predicted octanol–water partition coefficient (Wildman–Crippen LogP) is 2.64. The number of rotatable bonds is 4. The highest BCUT2D eigenvalue weighted by Gasteiger charge is 2.24. The second-order valence-electron chi connectivity index (χ2n) is 3.69. The van der Waals surface area contributed by atoms with Crippen molar-refractivity contribution in [3.05, 3.63) is 44.0 Å². The average molecular weight is 425 g/mol. The van der Waals surface area contributed by atoms with Crippen LogP contribution in [0.4, 0.5) is 16.4 Å². The number of halogens is 1. The molecule has 2 rings (SSSR count). The van der Waals surface area contributed by atoms with Crippen LogP contribution in [0.1, 0.15) is 0 Å². The molecular weight excluding hydrogens is 417 g/mol. The van der Waals surface area contributed by atoms with Crippen LogP contribution in [0, 0.1) is 13.7 Å². The van der Waals surface area contributed by atoms with Crippen molar-refractivity contribution < 1.29 is 13.3 Å². The molecule has 1 aromatic heterocycles. The van der Waals surface area contributed by atoms with E-state index in [2.05, 4.69) is 4.72 Å². The molecule has 0 aliphatic heterocycles. The summed E-state index contributed by atoms with van der Waals surface area (Å²) in [5.41, 5.74) is 5.42. The first-order valence-electron chi connectivity index (χ1n) is 5.11. The normalized spacial score (nSPS) is 11.2. The average Bonchev–Trinajstić information content (AvgIpc) is 2.71. The van der Waals surface area contributed by atoms with E-state index in [1.165, 1.54) is 0 Å². The van der Waals surface area contributed by atoms with Crippen molar-refractivity contribution in [3.63, 3.8) is 0 Å². The quantitative estimate of drug-likeness (QED) is 0.444. The van der Waals surface area contributed by atoms with Crippen LogP contribution in [0.2, 0.25) is 0 Å². The lowest BCUT2D eigenvalue weighted by molar-refractivity contribution is -0.383. The minimum atomic E-state index is -3.88. The highest BCUT2D eigenvalue weighted by Crippen LogP contribution is 2.35. The van der Waals surface area contributed by atoms with Gasteiger partial charge in [0.2, 0.25) is 0 Å². The summed E-state index contributed by atoms with van der Waals surface area (Å²) in [4.78, 5) is 9.97. The molecule has 7 nitrogen and oxygen atoms in total. The number of benzene rings is 1. The number of nitrogen functional groups attached to an aromatic ring is 1. The van der Waals surface area contributed by atoms with Crippen molar-refractivity contribution >= 4 is 60.3 Å². The number of nitrogens with one attached hydrogen (secondary N) is 1. The van der Waals surface area contributed by atoms with Crippen molar-refractivity contribution in [2.24, 2.45) is 0 Å². The van der Waals surface area contributed by atoms with Crippen molar-refractivity contribution in [2.75, 3.05) is 10.5 Å². The molecule has 0 amide bonds. The SMILES string of the molecule is Nc1sc(S(=O)(=O)Nc2cccc(I)c2)cc1[N+](=O)[O-]. The highest BCUT2D eigenvalue weighted by molar-refractivity contribution is 14.1. The molecule has 1 heterocycles. The number of nitro groups is 1. The summed E-state index contributed by atoms with van der Waals surface area (Å²) in [6, 6.07) is 7.70. The van der Waals surface area contributed by atoms with Crippen LogP contribution in [0.25, 0.3) is 0 Å². The summed E-state index contributed by atoms with van der Waals surface area (Å²) in [6.45, 7) is 0. The summed E-state index contributed by atoms with van der Waals surface area (Å²) in [6.07, 6.45) is 0. The number of sulfonamides is 1. The van der Waals surface area contributed by atoms with Gasteiger partial charge in [0, 0.05) is 15.3 Å². The van der Waals surface area contributed by atoms with Crippen LogP contribution in [0.3, 0.4) is 0 Å². The predicted molar refractivity (Wildman–Crippen MR) is 85.4 cm³/mol. The summed E-state index contributed by atoms with van der Waals surface area (Å²) in [7, 11) is -3.88. The largest absolute Gasteiger partial charge is 0.385 e. The van der Waals surface area contributed by atoms with Gasteiger partial charge in [-0.1, -0.05) is 17.4 Å². The lowest BCUT2D eigenvalue weighted by Crippen LogP contribution is -2.11. The maximum Gasteiger partial charge on any atom is 0.304 e. The Morgan fingerprint density at radius 1 is 1.35 bits per heavy atom. The van der Waals surface area contributed by atoms with E-state index in [0.29, 0.717) is 17.0 Å². The molecule has 0 saturated carbocycles. The monoisotopic (exact) mass is 425 g/mol. The van der Waals surface area contributed by atoms with E-state index in [1.807, 2.05) is 28.7 Å². The molecule has 0 fully saturated rings. The highest BCUT2D eigenvalue weighted by atomic mass is 127. The topological polar surface area (TPSA) is 115 Å². The van der Waals surface area contributed by atoms with E-state index in [-0.39, 0.29) is 9.21 Å². The van der Waals surface area contributed by atoms with Crippen LogP contribution in [-0.2, 0) is 10.0 Å². The van der Waals surface area contributed by atoms with Crippen LogP contribution >= 0.6 is 33.9 Å². The third-order valence-electron chi connectivity index (χ3n) is 2.26. The zero-order valence-electron chi connectivity index (χ0n) is 9.74. The van der Waals surface area contributed by atoms with Gasteiger partial charge in [-0.2, -0.15) is 0 Å². The Labute approximate surface area is 132 Å². The zero-order chi connectivity index (χ0) is 14.9. The molecule has 0 spiro atoms. The molecule has 0 bridgehead atoms. The van der Waals surface area contributed by atoms with E-state index in [0.717, 1.165) is 9.64 Å². The second kappa shape index (κ2) is 5.54. The van der Waals surface area contributed by atoms with Crippen molar-refractivity contribution in [1.82, 2.24) is 0 Å². The summed E-state index contributed by atoms with van der Waals surface area (Å²) in [5.74, 6) is 0. The third kappa shape index (κ3) is 3.19. The van der Waals surface area contributed by atoms with Gasteiger partial charge < -0.3 is 5.73 Å². The molecule has 2 aromatic rings. The summed E-state index contributed by atoms with van der Waals surface area (Å²) >= 11 is 2.71. The van der Waals surface area contributed by atoms with E-state index in [4.69, 9.17) is 5.73 Å². The Bertz CT molecular complexity index is 773. The van der Waals surface area contributed by atoms with Crippen molar-refractivity contribution in [1.29, 1.82) is 0 Å². The smallest absolute Gasteiger partial charge is 0.304 e. The van der Waals surface area contributed by atoms with Gasteiger partial charge in [-0.15, -0.1) is 0 Å². The van der Waals surface area contributed by atoms with Crippen LogP contribution in [0.15, 0.2) is 34.5 Å². The number of hydrogen-bond acceptors (Lipinski definition) is 6. The standard InChI is InChI=1S/C10H8IN3O4S2/c11-6-2-1-3-7(4-6)13-20(17,18)9-5-8(14(15)16)10(12)19-9/h1-5,13H,12H2. The maximum absolute atomic E-state index is 12.1. The lowest BCUT2D eigenvalue weighted by Gasteiger charge is -2.05. The number of nitrogens with two attached hydrogens (primary N) is 1. The zero-order valence-corrected chi connectivity index (χ0v) is 13.5. The fourth-order valence-corrected chi connectivity index (χ4v) is 4.21. The van der Waals surface area contributed by atoms with Crippen molar-refractivity contribution in [2.45, 2.75) is 4.21 Å². The number of hydrogen-bond donors (Lipinski definition) is 2. The summed E-state index contributed by atoms with van der Waals surface area (Å²) < 4.78 is 27.3.